The lowest BCUT2D eigenvalue weighted by Crippen LogP contribution is -1.90. The molecular formula is C11H7ClN4S. The molecule has 0 spiro atoms. The molecule has 0 radical (unpaired) electrons. The van der Waals surface area contributed by atoms with Crippen LogP contribution in [-0.2, 0) is 0 Å². The highest BCUT2D eigenvalue weighted by Crippen LogP contribution is 2.30. The molecule has 2 aromatic rings. The Bertz CT molecular complexity index is 577. The summed E-state index contributed by atoms with van der Waals surface area (Å²) in [6.07, 6.45) is 4.98. The van der Waals surface area contributed by atoms with Crippen LogP contribution < -0.4 is 0 Å². The van der Waals surface area contributed by atoms with Crippen LogP contribution in [0.15, 0.2) is 34.8 Å². The molecule has 4 nitrogen and oxygen atoms in total. The Labute approximate surface area is 108 Å². The summed E-state index contributed by atoms with van der Waals surface area (Å²) < 4.78 is 0. The second-order valence-corrected chi connectivity index (χ2v) is 4.57. The van der Waals surface area contributed by atoms with E-state index in [4.69, 9.17) is 16.9 Å². The number of aryl methyl sites for hydroxylation is 1. The topological polar surface area (TPSA) is 62.5 Å². The molecule has 0 fully saturated rings. The monoisotopic (exact) mass is 262 g/mol. The Balaban J connectivity index is 2.31. The Morgan fingerprint density at radius 2 is 2.00 bits per heavy atom. The summed E-state index contributed by atoms with van der Waals surface area (Å²) in [5.41, 5.74) is 1.38. The first kappa shape index (κ1) is 11.8. The molecule has 0 N–H and O–H groups in total. The quantitative estimate of drug-likeness (QED) is 0.779. The molecule has 0 aliphatic heterocycles. The molecule has 0 bridgehead atoms. The van der Waals surface area contributed by atoms with Crippen molar-refractivity contribution >= 4 is 23.4 Å². The van der Waals surface area contributed by atoms with Gasteiger partial charge in [-0.05, 0) is 30.3 Å². The minimum Gasteiger partial charge on any atom is -0.248 e. The number of nitriles is 1. The number of halogens is 1. The van der Waals surface area contributed by atoms with Crippen LogP contribution in [-0.4, -0.2) is 15.0 Å². The van der Waals surface area contributed by atoms with E-state index in [0.717, 1.165) is 5.56 Å². The van der Waals surface area contributed by atoms with Crippen LogP contribution in [0.4, 0.5) is 0 Å². The second kappa shape index (κ2) is 5.13. The van der Waals surface area contributed by atoms with Crippen LogP contribution in [0, 0.1) is 18.3 Å². The number of hydrogen-bond donors (Lipinski definition) is 0. The normalized spacial score (nSPS) is 9.94. The van der Waals surface area contributed by atoms with Crippen LogP contribution in [0.1, 0.15) is 11.1 Å². The number of rotatable bonds is 2. The number of aromatic nitrogens is 3. The Kier molecular flexibility index (Phi) is 3.57. The van der Waals surface area contributed by atoms with E-state index in [0.29, 0.717) is 20.8 Å². The van der Waals surface area contributed by atoms with E-state index in [2.05, 4.69) is 15.0 Å². The fraction of sp³-hybridized carbons (Fsp3) is 0.0909. The van der Waals surface area contributed by atoms with Gasteiger partial charge in [-0.25, -0.2) is 15.0 Å². The highest BCUT2D eigenvalue weighted by Gasteiger charge is 2.10. The molecule has 0 aliphatic carbocycles. The van der Waals surface area contributed by atoms with Gasteiger partial charge in [-0.15, -0.1) is 0 Å². The van der Waals surface area contributed by atoms with Crippen molar-refractivity contribution in [1.82, 2.24) is 15.0 Å². The maximum absolute atomic E-state index is 8.84. The second-order valence-electron chi connectivity index (χ2n) is 3.23. The minimum atomic E-state index is 0.337. The van der Waals surface area contributed by atoms with Crippen LogP contribution in [0.25, 0.3) is 0 Å². The molecule has 2 aromatic heterocycles. The van der Waals surface area contributed by atoms with Crippen molar-refractivity contribution in [3.63, 3.8) is 0 Å². The number of pyridine rings is 1. The SMILES string of the molecule is Cc1cnc(Sc2nccc(C#N)c2Cl)nc1. The smallest absolute Gasteiger partial charge is 0.193 e. The van der Waals surface area contributed by atoms with Gasteiger partial charge in [0, 0.05) is 18.6 Å². The van der Waals surface area contributed by atoms with Crippen LogP contribution >= 0.6 is 23.4 Å². The van der Waals surface area contributed by atoms with Crippen LogP contribution in [0.3, 0.4) is 0 Å². The maximum Gasteiger partial charge on any atom is 0.193 e. The molecule has 0 amide bonds. The number of nitrogens with zero attached hydrogens (tertiary/aromatic N) is 4. The molecule has 6 heteroatoms. The largest absolute Gasteiger partial charge is 0.248 e. The summed E-state index contributed by atoms with van der Waals surface area (Å²) in [6.45, 7) is 1.91. The molecular weight excluding hydrogens is 256 g/mol. The third-order valence-corrected chi connectivity index (χ3v) is 3.31. The van der Waals surface area contributed by atoms with Crippen molar-refractivity contribution in [1.29, 1.82) is 5.26 Å². The first-order chi connectivity index (χ1) is 8.20. The molecule has 0 saturated heterocycles. The molecule has 0 aromatic carbocycles. The molecule has 2 heterocycles. The van der Waals surface area contributed by atoms with Gasteiger partial charge < -0.3 is 0 Å². The molecule has 84 valence electrons. The molecule has 17 heavy (non-hydrogen) atoms. The van der Waals surface area contributed by atoms with Crippen molar-refractivity contribution < 1.29 is 0 Å². The predicted molar refractivity (Wildman–Crippen MR) is 64.9 cm³/mol. The van der Waals surface area contributed by atoms with E-state index in [1.165, 1.54) is 11.8 Å². The molecule has 0 aliphatic rings. The zero-order valence-electron chi connectivity index (χ0n) is 8.88. The van der Waals surface area contributed by atoms with Crippen molar-refractivity contribution in [3.05, 3.63) is 40.8 Å². The van der Waals surface area contributed by atoms with E-state index < -0.39 is 0 Å². The van der Waals surface area contributed by atoms with Gasteiger partial charge in [0.15, 0.2) is 5.16 Å². The van der Waals surface area contributed by atoms with Gasteiger partial charge >= 0.3 is 0 Å². The maximum atomic E-state index is 8.84. The summed E-state index contributed by atoms with van der Waals surface area (Å²) in [7, 11) is 0. The van der Waals surface area contributed by atoms with Gasteiger partial charge in [0.2, 0.25) is 0 Å². The van der Waals surface area contributed by atoms with Gasteiger partial charge in [0.25, 0.3) is 0 Å². The van der Waals surface area contributed by atoms with Crippen molar-refractivity contribution in [3.8, 4) is 6.07 Å². The van der Waals surface area contributed by atoms with E-state index in [1.54, 1.807) is 24.7 Å². The highest BCUT2D eigenvalue weighted by molar-refractivity contribution is 7.99. The lowest BCUT2D eigenvalue weighted by molar-refractivity contribution is 0.944. The Morgan fingerprint density at radius 3 is 2.65 bits per heavy atom. The zero-order valence-corrected chi connectivity index (χ0v) is 10.5. The summed E-state index contributed by atoms with van der Waals surface area (Å²) in [5.74, 6) is 0. The van der Waals surface area contributed by atoms with Crippen molar-refractivity contribution in [2.24, 2.45) is 0 Å². The summed E-state index contributed by atoms with van der Waals surface area (Å²) in [4.78, 5) is 12.4. The average molecular weight is 263 g/mol. The first-order valence-electron chi connectivity index (χ1n) is 4.72. The standard InChI is InChI=1S/C11H7ClN4S/c1-7-5-15-11(16-6-7)17-10-9(12)8(4-13)2-3-14-10/h2-3,5-6H,1H3. The summed E-state index contributed by atoms with van der Waals surface area (Å²) in [5, 5.41) is 10.3. The first-order valence-corrected chi connectivity index (χ1v) is 5.91. The van der Waals surface area contributed by atoms with Gasteiger partial charge in [-0.3, -0.25) is 0 Å². The lowest BCUT2D eigenvalue weighted by atomic mass is 10.3. The van der Waals surface area contributed by atoms with E-state index >= 15 is 0 Å². The fourth-order valence-corrected chi connectivity index (χ4v) is 2.07. The zero-order chi connectivity index (χ0) is 12.3. The molecule has 0 saturated carbocycles. The molecule has 0 atom stereocenters. The fourth-order valence-electron chi connectivity index (χ4n) is 1.10. The summed E-state index contributed by atoms with van der Waals surface area (Å²) in [6, 6.07) is 3.58. The average Bonchev–Trinajstić information content (AvgIpc) is 2.35. The van der Waals surface area contributed by atoms with Crippen LogP contribution in [0.5, 0.6) is 0 Å². The third kappa shape index (κ3) is 2.73. The third-order valence-electron chi connectivity index (χ3n) is 1.92. The molecule has 0 unspecified atom stereocenters. The highest BCUT2D eigenvalue weighted by atomic mass is 35.5. The molecule has 2 rings (SSSR count). The summed E-state index contributed by atoms with van der Waals surface area (Å²) >= 11 is 7.26. The predicted octanol–water partition coefficient (Wildman–Crippen LogP) is 2.86. The lowest BCUT2D eigenvalue weighted by Gasteiger charge is -2.02. The Hall–Kier alpha value is -1.64. The van der Waals surface area contributed by atoms with Gasteiger partial charge in [0.05, 0.1) is 10.6 Å². The number of hydrogen-bond acceptors (Lipinski definition) is 5. The van der Waals surface area contributed by atoms with Gasteiger partial charge in [-0.2, -0.15) is 5.26 Å². The van der Waals surface area contributed by atoms with E-state index in [-0.39, 0.29) is 0 Å². The van der Waals surface area contributed by atoms with Crippen molar-refractivity contribution in [2.45, 2.75) is 17.1 Å². The van der Waals surface area contributed by atoms with Crippen molar-refractivity contribution in [2.75, 3.05) is 0 Å². The van der Waals surface area contributed by atoms with E-state index in [1.807, 2.05) is 13.0 Å². The van der Waals surface area contributed by atoms with Crippen LogP contribution in [0.2, 0.25) is 5.02 Å². The minimum absolute atomic E-state index is 0.337. The van der Waals surface area contributed by atoms with Gasteiger partial charge in [-0.1, -0.05) is 11.6 Å². The Morgan fingerprint density at radius 1 is 1.29 bits per heavy atom. The van der Waals surface area contributed by atoms with E-state index in [9.17, 15) is 0 Å². The van der Waals surface area contributed by atoms with Gasteiger partial charge in [0.1, 0.15) is 11.1 Å².